The highest BCUT2D eigenvalue weighted by atomic mass is 32.1. The average Bonchev–Trinajstić information content (AvgIpc) is 2.52. The van der Waals surface area contributed by atoms with Gasteiger partial charge in [-0.05, 0) is 29.9 Å². The normalized spacial score (nSPS) is 18.4. The number of halogens is 1. The largest absolute Gasteiger partial charge is 0.466 e. The van der Waals surface area contributed by atoms with Crippen LogP contribution in [-0.2, 0) is 9.53 Å². The number of allylic oxidation sites excluding steroid dienone is 1. The van der Waals surface area contributed by atoms with Crippen LogP contribution in [0.15, 0.2) is 41.6 Å². The first-order chi connectivity index (χ1) is 11.2. The molecule has 0 spiro atoms. The standard InChI is InChI=1S/C18H21FN2O2S/c1-18(2,3)15-14(16(22)23-4)13(20-17(24)21-15)10-7-11-5-8-12(19)9-6-11/h5-10,13H,1-4H3,(H2,20,21,24)/b10-7+/t13-/m0/s1. The number of benzene rings is 1. The maximum Gasteiger partial charge on any atom is 0.337 e. The number of esters is 1. The van der Waals surface area contributed by atoms with Crippen molar-refractivity contribution in [2.75, 3.05) is 7.11 Å². The minimum atomic E-state index is -0.425. The lowest BCUT2D eigenvalue weighted by Gasteiger charge is -2.35. The molecule has 6 heteroatoms. The lowest BCUT2D eigenvalue weighted by atomic mass is 9.85. The molecular weight excluding hydrogens is 327 g/mol. The van der Waals surface area contributed by atoms with Gasteiger partial charge < -0.3 is 15.4 Å². The highest BCUT2D eigenvalue weighted by Crippen LogP contribution is 2.30. The highest BCUT2D eigenvalue weighted by Gasteiger charge is 2.34. The third-order valence-corrected chi connectivity index (χ3v) is 3.83. The Bertz CT molecular complexity index is 703. The molecular formula is C18H21FN2O2S. The second kappa shape index (κ2) is 7.13. The molecule has 1 aromatic rings. The molecule has 0 radical (unpaired) electrons. The molecule has 0 aliphatic carbocycles. The summed E-state index contributed by atoms with van der Waals surface area (Å²) in [6.07, 6.45) is 3.63. The van der Waals surface area contributed by atoms with Crippen LogP contribution in [0.2, 0.25) is 0 Å². The van der Waals surface area contributed by atoms with E-state index in [0.717, 1.165) is 11.3 Å². The summed E-state index contributed by atoms with van der Waals surface area (Å²) in [5.74, 6) is -0.713. The van der Waals surface area contributed by atoms with E-state index in [1.54, 1.807) is 12.1 Å². The maximum atomic E-state index is 13.0. The number of methoxy groups -OCH3 is 1. The van der Waals surface area contributed by atoms with Crippen LogP contribution in [-0.4, -0.2) is 24.2 Å². The number of nitrogens with one attached hydrogen (secondary N) is 2. The van der Waals surface area contributed by atoms with Crippen molar-refractivity contribution in [1.29, 1.82) is 0 Å². The molecule has 128 valence electrons. The van der Waals surface area contributed by atoms with Gasteiger partial charge >= 0.3 is 5.97 Å². The quantitative estimate of drug-likeness (QED) is 0.649. The predicted molar refractivity (Wildman–Crippen MR) is 96.6 cm³/mol. The Kier molecular flexibility index (Phi) is 5.39. The zero-order valence-electron chi connectivity index (χ0n) is 14.1. The fourth-order valence-electron chi connectivity index (χ4n) is 2.44. The van der Waals surface area contributed by atoms with Crippen LogP contribution in [0.25, 0.3) is 6.08 Å². The summed E-state index contributed by atoms with van der Waals surface area (Å²) in [5.41, 5.74) is 1.73. The molecule has 0 unspecified atom stereocenters. The number of carbonyl (C=O) groups excluding carboxylic acids is 1. The molecule has 1 atom stereocenters. The third kappa shape index (κ3) is 4.20. The molecule has 0 amide bonds. The van der Waals surface area contributed by atoms with Crippen molar-refractivity contribution in [2.24, 2.45) is 5.41 Å². The van der Waals surface area contributed by atoms with Gasteiger partial charge in [-0.25, -0.2) is 9.18 Å². The number of thiocarbonyl (C=S) groups is 1. The van der Waals surface area contributed by atoms with Crippen molar-refractivity contribution in [3.05, 3.63) is 53.0 Å². The predicted octanol–water partition coefficient (Wildman–Crippen LogP) is 3.16. The van der Waals surface area contributed by atoms with Crippen LogP contribution in [0.1, 0.15) is 26.3 Å². The van der Waals surface area contributed by atoms with E-state index in [4.69, 9.17) is 17.0 Å². The van der Waals surface area contributed by atoms with Gasteiger partial charge in [-0.1, -0.05) is 45.1 Å². The van der Waals surface area contributed by atoms with E-state index in [-0.39, 0.29) is 11.2 Å². The van der Waals surface area contributed by atoms with Crippen molar-refractivity contribution in [2.45, 2.75) is 26.8 Å². The molecule has 4 nitrogen and oxygen atoms in total. The molecule has 1 aliphatic heterocycles. The van der Waals surface area contributed by atoms with Crippen molar-refractivity contribution < 1.29 is 13.9 Å². The van der Waals surface area contributed by atoms with Crippen molar-refractivity contribution in [3.8, 4) is 0 Å². The average molecular weight is 348 g/mol. The van der Waals surface area contributed by atoms with Gasteiger partial charge in [0.15, 0.2) is 5.11 Å². The number of ether oxygens (including phenoxy) is 1. The van der Waals surface area contributed by atoms with Crippen LogP contribution >= 0.6 is 12.2 Å². The summed E-state index contributed by atoms with van der Waals surface area (Å²) in [4.78, 5) is 12.3. The fourth-order valence-corrected chi connectivity index (χ4v) is 2.67. The molecule has 1 aliphatic rings. The molecule has 0 saturated heterocycles. The SMILES string of the molecule is COC(=O)C1=C(C(C)(C)C)NC(=S)N[C@H]1/C=C/c1ccc(F)cc1. The number of hydrogen-bond donors (Lipinski definition) is 2. The summed E-state index contributed by atoms with van der Waals surface area (Å²) in [6.45, 7) is 5.98. The summed E-state index contributed by atoms with van der Waals surface area (Å²) in [5, 5.41) is 6.58. The van der Waals surface area contributed by atoms with Gasteiger partial charge in [0.25, 0.3) is 0 Å². The smallest absolute Gasteiger partial charge is 0.337 e. The number of hydrogen-bond acceptors (Lipinski definition) is 3. The Hall–Kier alpha value is -2.21. The van der Waals surface area contributed by atoms with Gasteiger partial charge in [-0.15, -0.1) is 0 Å². The molecule has 0 fully saturated rings. The van der Waals surface area contributed by atoms with E-state index in [1.165, 1.54) is 19.2 Å². The topological polar surface area (TPSA) is 50.4 Å². The highest BCUT2D eigenvalue weighted by molar-refractivity contribution is 7.80. The van der Waals surface area contributed by atoms with Gasteiger partial charge in [0.1, 0.15) is 5.82 Å². The van der Waals surface area contributed by atoms with Crippen molar-refractivity contribution in [1.82, 2.24) is 10.6 Å². The van der Waals surface area contributed by atoms with E-state index in [1.807, 2.05) is 32.9 Å². The second-order valence-electron chi connectivity index (χ2n) is 6.52. The summed E-state index contributed by atoms with van der Waals surface area (Å²) < 4.78 is 17.9. The Morgan fingerprint density at radius 3 is 2.46 bits per heavy atom. The number of rotatable bonds is 3. The van der Waals surface area contributed by atoms with Crippen LogP contribution in [0.4, 0.5) is 4.39 Å². The Labute approximate surface area is 146 Å². The maximum absolute atomic E-state index is 13.0. The molecule has 1 heterocycles. The molecule has 1 aromatic carbocycles. The zero-order chi connectivity index (χ0) is 17.9. The zero-order valence-corrected chi connectivity index (χ0v) is 15.0. The lowest BCUT2D eigenvalue weighted by Crippen LogP contribution is -2.51. The molecule has 0 saturated carbocycles. The Morgan fingerprint density at radius 2 is 1.92 bits per heavy atom. The van der Waals surface area contributed by atoms with E-state index < -0.39 is 12.0 Å². The molecule has 2 N–H and O–H groups in total. The number of carbonyl (C=O) groups is 1. The van der Waals surface area contributed by atoms with Crippen LogP contribution < -0.4 is 10.6 Å². The molecule has 0 bridgehead atoms. The van der Waals surface area contributed by atoms with Gasteiger partial charge in [0.2, 0.25) is 0 Å². The third-order valence-electron chi connectivity index (χ3n) is 3.61. The summed E-state index contributed by atoms with van der Waals surface area (Å²) in [7, 11) is 1.35. The second-order valence-corrected chi connectivity index (χ2v) is 6.93. The van der Waals surface area contributed by atoms with Gasteiger partial charge in [0.05, 0.1) is 18.7 Å². The summed E-state index contributed by atoms with van der Waals surface area (Å²) in [6, 6.07) is 5.68. The van der Waals surface area contributed by atoms with E-state index >= 15 is 0 Å². The minimum Gasteiger partial charge on any atom is -0.466 e. The Balaban J connectivity index is 2.43. The molecule has 2 rings (SSSR count). The minimum absolute atomic E-state index is 0.293. The van der Waals surface area contributed by atoms with Crippen LogP contribution in [0.3, 0.4) is 0 Å². The monoisotopic (exact) mass is 348 g/mol. The molecule has 0 aromatic heterocycles. The van der Waals surface area contributed by atoms with Crippen molar-refractivity contribution >= 4 is 29.4 Å². The van der Waals surface area contributed by atoms with Crippen molar-refractivity contribution in [3.63, 3.8) is 0 Å². The van der Waals surface area contributed by atoms with E-state index in [0.29, 0.717) is 10.7 Å². The van der Waals surface area contributed by atoms with Gasteiger partial charge in [-0.3, -0.25) is 0 Å². The van der Waals surface area contributed by atoms with E-state index in [9.17, 15) is 9.18 Å². The first-order valence-electron chi connectivity index (χ1n) is 7.56. The first kappa shape index (κ1) is 18.1. The summed E-state index contributed by atoms with van der Waals surface area (Å²) >= 11 is 5.26. The Morgan fingerprint density at radius 1 is 1.29 bits per heavy atom. The van der Waals surface area contributed by atoms with Crippen LogP contribution in [0.5, 0.6) is 0 Å². The van der Waals surface area contributed by atoms with Gasteiger partial charge in [-0.2, -0.15) is 0 Å². The molecule has 24 heavy (non-hydrogen) atoms. The van der Waals surface area contributed by atoms with Crippen LogP contribution in [0, 0.1) is 11.2 Å². The van der Waals surface area contributed by atoms with E-state index in [2.05, 4.69) is 10.6 Å². The first-order valence-corrected chi connectivity index (χ1v) is 7.97. The fraction of sp³-hybridized carbons (Fsp3) is 0.333. The van der Waals surface area contributed by atoms with Gasteiger partial charge in [0, 0.05) is 11.1 Å². The lowest BCUT2D eigenvalue weighted by molar-refractivity contribution is -0.136.